The van der Waals surface area contributed by atoms with Gasteiger partial charge in [0.05, 0.1) is 17.0 Å². The van der Waals surface area contributed by atoms with Gasteiger partial charge in [-0.3, -0.25) is 14.3 Å². The molecule has 2 aliphatic carbocycles. The van der Waals surface area contributed by atoms with Crippen molar-refractivity contribution in [3.63, 3.8) is 0 Å². The van der Waals surface area contributed by atoms with Gasteiger partial charge in [-0.1, -0.05) is 54.6 Å². The van der Waals surface area contributed by atoms with E-state index in [2.05, 4.69) is 10.4 Å². The van der Waals surface area contributed by atoms with Crippen LogP contribution in [0.25, 0.3) is 10.9 Å². The van der Waals surface area contributed by atoms with Gasteiger partial charge in [0, 0.05) is 18.0 Å². The number of ether oxygens (including phenoxy) is 1. The maximum atomic E-state index is 13.5. The van der Waals surface area contributed by atoms with Crippen molar-refractivity contribution in [2.75, 3.05) is 0 Å². The number of alkyl halides is 3. The fourth-order valence-corrected chi connectivity index (χ4v) is 6.77. The van der Waals surface area contributed by atoms with Gasteiger partial charge in [0.15, 0.2) is 5.69 Å². The highest BCUT2D eigenvalue weighted by Crippen LogP contribution is 2.59. The molecule has 1 spiro atoms. The second kappa shape index (κ2) is 11.2. The summed E-state index contributed by atoms with van der Waals surface area (Å²) < 4.78 is 46.6. The van der Waals surface area contributed by atoms with Gasteiger partial charge >= 0.3 is 12.1 Å². The van der Waals surface area contributed by atoms with Gasteiger partial charge in [0.2, 0.25) is 0 Å². The number of aryl methyl sites for hydroxylation is 1. The Morgan fingerprint density at radius 3 is 2.35 bits per heavy atom. The van der Waals surface area contributed by atoms with Crippen molar-refractivity contribution in [2.45, 2.75) is 70.8 Å². The van der Waals surface area contributed by atoms with Crippen LogP contribution in [-0.4, -0.2) is 27.7 Å². The minimum absolute atomic E-state index is 0.00313. The maximum Gasteiger partial charge on any atom is 0.416 e. The van der Waals surface area contributed by atoms with Gasteiger partial charge in [0.1, 0.15) is 6.10 Å². The molecule has 0 aliphatic heterocycles. The predicted octanol–water partition coefficient (Wildman–Crippen LogP) is 7.26. The van der Waals surface area contributed by atoms with Crippen LogP contribution in [0.3, 0.4) is 0 Å². The van der Waals surface area contributed by atoms with E-state index in [1.807, 2.05) is 62.4 Å². The summed E-state index contributed by atoms with van der Waals surface area (Å²) in [5.74, 6) is -0.532. The number of fused-ring (bicyclic) bond motifs is 1. The van der Waals surface area contributed by atoms with E-state index < -0.39 is 11.7 Å². The van der Waals surface area contributed by atoms with Crippen molar-refractivity contribution in [3.05, 3.63) is 101 Å². The second-order valence-corrected chi connectivity index (χ2v) is 12.0. The molecule has 2 saturated carbocycles. The summed E-state index contributed by atoms with van der Waals surface area (Å²) in [7, 11) is 0. The normalized spacial score (nSPS) is 22.1. The molecule has 0 bridgehead atoms. The Kier molecular flexibility index (Phi) is 7.52. The number of nitrogens with one attached hydrogen (secondary N) is 1. The standard InChI is InChI=1S/C34H34F3N3O3/c1-3-40-28-11-7-10-24(16-22-12-14-26(15-13-22)34(35,36)37)29(28)30(39-40)31(41)38-27-19-33(20-27)17-25(18-33)32(42)43-21(2)23-8-5-4-6-9-23/h4-15,21,25,27H,3,16-20H2,1-2H3,(H,38,41)/t21-,25?,27?,33?/m0/s1. The summed E-state index contributed by atoms with van der Waals surface area (Å²) >= 11 is 0. The summed E-state index contributed by atoms with van der Waals surface area (Å²) in [6.07, 6.45) is -1.16. The number of halogens is 3. The van der Waals surface area contributed by atoms with Gasteiger partial charge in [-0.25, -0.2) is 0 Å². The highest BCUT2D eigenvalue weighted by atomic mass is 19.4. The lowest BCUT2D eigenvalue weighted by Gasteiger charge is -2.57. The molecule has 6 nitrogen and oxygen atoms in total. The zero-order valence-corrected chi connectivity index (χ0v) is 24.2. The number of benzene rings is 3. The Hall–Kier alpha value is -4.14. The van der Waals surface area contributed by atoms with Crippen LogP contribution >= 0.6 is 0 Å². The lowest BCUT2D eigenvalue weighted by molar-refractivity contribution is -0.167. The van der Waals surface area contributed by atoms with E-state index in [0.29, 0.717) is 24.2 Å². The molecule has 1 heterocycles. The Bertz CT molecular complexity index is 1630. The molecular formula is C34H34F3N3O3. The number of aromatic nitrogens is 2. The van der Waals surface area contributed by atoms with Crippen LogP contribution in [0.1, 0.15) is 78.4 Å². The summed E-state index contributed by atoms with van der Waals surface area (Å²) in [6.45, 7) is 4.40. The molecule has 2 fully saturated rings. The van der Waals surface area contributed by atoms with Crippen LogP contribution in [0, 0.1) is 11.3 Å². The predicted molar refractivity (Wildman–Crippen MR) is 156 cm³/mol. The van der Waals surface area contributed by atoms with Crippen LogP contribution < -0.4 is 5.32 Å². The van der Waals surface area contributed by atoms with Crippen molar-refractivity contribution in [1.29, 1.82) is 0 Å². The SMILES string of the molecule is CCn1nc(C(=O)NC2CC3(C2)CC(C(=O)O[C@@H](C)c2ccccc2)C3)c2c(Cc3ccc(C(F)(F)F)cc3)cccc21. The lowest BCUT2D eigenvalue weighted by Crippen LogP contribution is -2.57. The van der Waals surface area contributed by atoms with Crippen molar-refractivity contribution in [1.82, 2.24) is 15.1 Å². The third-order valence-corrected chi connectivity index (χ3v) is 9.00. The first-order chi connectivity index (χ1) is 20.5. The molecule has 0 unspecified atom stereocenters. The third kappa shape index (κ3) is 5.77. The van der Waals surface area contributed by atoms with Gasteiger partial charge in [0.25, 0.3) is 5.91 Å². The fraction of sp³-hybridized carbons (Fsp3) is 0.382. The minimum Gasteiger partial charge on any atom is -0.458 e. The topological polar surface area (TPSA) is 73.2 Å². The van der Waals surface area contributed by atoms with Crippen molar-refractivity contribution in [2.24, 2.45) is 11.3 Å². The van der Waals surface area contributed by atoms with E-state index in [1.165, 1.54) is 12.1 Å². The molecule has 2 aliphatic rings. The molecule has 3 aromatic carbocycles. The number of hydrogen-bond acceptors (Lipinski definition) is 4. The molecule has 43 heavy (non-hydrogen) atoms. The van der Waals surface area contributed by atoms with Crippen molar-refractivity contribution >= 4 is 22.8 Å². The van der Waals surface area contributed by atoms with Crippen LogP contribution in [0.5, 0.6) is 0 Å². The Morgan fingerprint density at radius 1 is 1.00 bits per heavy atom. The highest BCUT2D eigenvalue weighted by Gasteiger charge is 2.55. The van der Waals surface area contributed by atoms with E-state index in [9.17, 15) is 22.8 Å². The molecule has 6 rings (SSSR count). The molecule has 9 heteroatoms. The number of amides is 1. The number of hydrogen-bond donors (Lipinski definition) is 1. The van der Waals surface area contributed by atoms with Crippen LogP contribution in [-0.2, 0) is 28.7 Å². The zero-order valence-electron chi connectivity index (χ0n) is 24.2. The molecule has 1 amide bonds. The first-order valence-corrected chi connectivity index (χ1v) is 14.8. The average molecular weight is 590 g/mol. The van der Waals surface area contributed by atoms with E-state index in [1.54, 1.807) is 4.68 Å². The van der Waals surface area contributed by atoms with E-state index >= 15 is 0 Å². The average Bonchev–Trinajstić information content (AvgIpc) is 3.33. The second-order valence-electron chi connectivity index (χ2n) is 12.0. The summed E-state index contributed by atoms with van der Waals surface area (Å²) in [4.78, 5) is 26.2. The van der Waals surface area contributed by atoms with E-state index in [-0.39, 0.29) is 35.4 Å². The summed E-state index contributed by atoms with van der Waals surface area (Å²) in [5, 5.41) is 8.48. The number of carbonyl (C=O) groups is 2. The summed E-state index contributed by atoms with van der Waals surface area (Å²) in [6, 6.07) is 20.5. The minimum atomic E-state index is -4.39. The van der Waals surface area contributed by atoms with Crippen LogP contribution in [0.2, 0.25) is 0 Å². The monoisotopic (exact) mass is 589 g/mol. The van der Waals surface area contributed by atoms with Crippen LogP contribution in [0.15, 0.2) is 72.8 Å². The van der Waals surface area contributed by atoms with E-state index in [0.717, 1.165) is 59.8 Å². The highest BCUT2D eigenvalue weighted by molar-refractivity contribution is 6.06. The van der Waals surface area contributed by atoms with E-state index in [4.69, 9.17) is 4.74 Å². The molecule has 1 N–H and O–H groups in total. The molecular weight excluding hydrogens is 555 g/mol. The number of carbonyl (C=O) groups excluding carboxylic acids is 2. The Balaban J connectivity index is 1.09. The van der Waals surface area contributed by atoms with Gasteiger partial charge < -0.3 is 10.1 Å². The molecule has 1 atom stereocenters. The zero-order chi connectivity index (χ0) is 30.4. The smallest absolute Gasteiger partial charge is 0.416 e. The van der Waals surface area contributed by atoms with Crippen LogP contribution in [0.4, 0.5) is 13.2 Å². The van der Waals surface area contributed by atoms with Gasteiger partial charge in [-0.15, -0.1) is 0 Å². The summed E-state index contributed by atoms with van der Waals surface area (Å²) in [5.41, 5.74) is 3.03. The van der Waals surface area contributed by atoms with Gasteiger partial charge in [-0.2, -0.15) is 18.3 Å². The molecule has 0 radical (unpaired) electrons. The fourth-order valence-electron chi connectivity index (χ4n) is 6.77. The molecule has 224 valence electrons. The number of nitrogens with zero attached hydrogens (tertiary/aromatic N) is 2. The first kappa shape index (κ1) is 29.0. The third-order valence-electron chi connectivity index (χ3n) is 9.00. The Morgan fingerprint density at radius 2 is 1.70 bits per heavy atom. The molecule has 0 saturated heterocycles. The first-order valence-electron chi connectivity index (χ1n) is 14.8. The molecule has 1 aromatic heterocycles. The number of esters is 1. The Labute approximate surface area is 248 Å². The number of rotatable bonds is 8. The quantitative estimate of drug-likeness (QED) is 0.220. The van der Waals surface area contributed by atoms with Gasteiger partial charge in [-0.05, 0) is 86.3 Å². The largest absolute Gasteiger partial charge is 0.458 e. The van der Waals surface area contributed by atoms with Crippen molar-refractivity contribution < 1.29 is 27.5 Å². The van der Waals surface area contributed by atoms with Crippen molar-refractivity contribution in [3.8, 4) is 0 Å². The molecule has 4 aromatic rings. The maximum absolute atomic E-state index is 13.5. The lowest BCUT2D eigenvalue weighted by atomic mass is 9.50.